The Hall–Kier alpha value is -1.37. The van der Waals surface area contributed by atoms with Gasteiger partial charge < -0.3 is 24.8 Å². The number of hydrogen-bond donors (Lipinski definition) is 3. The molecule has 0 aromatic carbocycles. The van der Waals surface area contributed by atoms with Crippen LogP contribution < -0.4 is 5.32 Å². The molecule has 0 saturated carbocycles. The number of furan rings is 1. The predicted octanol–water partition coefficient (Wildman–Crippen LogP) is 0.103. The highest BCUT2D eigenvalue weighted by Gasteiger charge is 2.36. The van der Waals surface area contributed by atoms with E-state index < -0.39 is 11.7 Å². The molecule has 1 amide bonds. The molecule has 6 nitrogen and oxygen atoms in total. The Kier molecular flexibility index (Phi) is 4.80. The molecule has 1 aromatic rings. The van der Waals surface area contributed by atoms with Crippen molar-refractivity contribution in [1.82, 2.24) is 10.2 Å². The van der Waals surface area contributed by atoms with Gasteiger partial charge in [0.1, 0.15) is 5.76 Å². The molecule has 0 spiro atoms. The Morgan fingerprint density at radius 2 is 2.45 bits per heavy atom. The number of aliphatic hydroxyl groups excluding tert-OH is 1. The van der Waals surface area contributed by atoms with E-state index in [0.717, 1.165) is 5.76 Å². The van der Waals surface area contributed by atoms with Crippen LogP contribution in [-0.2, 0) is 11.3 Å². The zero-order chi connectivity index (χ0) is 14.6. The number of piperidine rings is 1. The van der Waals surface area contributed by atoms with Crippen molar-refractivity contribution in [2.45, 2.75) is 38.0 Å². The topological polar surface area (TPSA) is 85.9 Å². The van der Waals surface area contributed by atoms with E-state index in [9.17, 15) is 15.0 Å². The van der Waals surface area contributed by atoms with Crippen LogP contribution in [0.15, 0.2) is 22.8 Å². The number of β-amino-alcohol motifs (C(OH)–C–C–N with tert-alkyl or cyclic N) is 1. The van der Waals surface area contributed by atoms with E-state index in [1.807, 2.05) is 11.0 Å². The minimum atomic E-state index is -1.02. The smallest absolute Gasteiger partial charge is 0.221 e. The maximum Gasteiger partial charge on any atom is 0.221 e. The Morgan fingerprint density at radius 1 is 1.65 bits per heavy atom. The summed E-state index contributed by atoms with van der Waals surface area (Å²) in [5.74, 6) is 0.677. The van der Waals surface area contributed by atoms with Crippen molar-refractivity contribution < 1.29 is 19.4 Å². The van der Waals surface area contributed by atoms with E-state index in [0.29, 0.717) is 39.0 Å². The van der Waals surface area contributed by atoms with Crippen LogP contribution in [0.4, 0.5) is 0 Å². The fraction of sp³-hybridized carbons (Fsp3) is 0.643. The van der Waals surface area contributed by atoms with E-state index in [1.54, 1.807) is 19.3 Å². The molecule has 0 unspecified atom stereocenters. The second-order valence-electron chi connectivity index (χ2n) is 5.53. The number of carbonyl (C=O) groups is 1. The van der Waals surface area contributed by atoms with Gasteiger partial charge in [0.2, 0.25) is 5.91 Å². The monoisotopic (exact) mass is 282 g/mol. The first-order valence-electron chi connectivity index (χ1n) is 6.89. The van der Waals surface area contributed by atoms with Crippen LogP contribution in [0, 0.1) is 0 Å². The van der Waals surface area contributed by atoms with Crippen molar-refractivity contribution in [1.29, 1.82) is 0 Å². The third-order valence-corrected chi connectivity index (χ3v) is 3.78. The van der Waals surface area contributed by atoms with Crippen molar-refractivity contribution in [2.75, 3.05) is 19.6 Å². The normalized spacial score (nSPS) is 27.4. The lowest BCUT2D eigenvalue weighted by molar-refractivity contribution is -0.123. The number of hydrogen-bond acceptors (Lipinski definition) is 5. The van der Waals surface area contributed by atoms with Crippen LogP contribution in [0.25, 0.3) is 0 Å². The van der Waals surface area contributed by atoms with Crippen LogP contribution >= 0.6 is 0 Å². The minimum absolute atomic E-state index is 0.0479. The van der Waals surface area contributed by atoms with E-state index in [2.05, 4.69) is 5.32 Å². The molecule has 1 aliphatic heterocycles. The molecule has 0 radical (unpaired) electrons. The molecule has 112 valence electrons. The molecule has 20 heavy (non-hydrogen) atoms. The van der Waals surface area contributed by atoms with Crippen LogP contribution in [-0.4, -0.2) is 52.4 Å². The zero-order valence-electron chi connectivity index (χ0n) is 11.7. The highest BCUT2D eigenvalue weighted by atomic mass is 16.3. The van der Waals surface area contributed by atoms with Crippen molar-refractivity contribution in [3.05, 3.63) is 24.2 Å². The predicted molar refractivity (Wildman–Crippen MR) is 72.9 cm³/mol. The van der Waals surface area contributed by atoms with Gasteiger partial charge in [0, 0.05) is 26.1 Å². The Balaban J connectivity index is 1.66. The van der Waals surface area contributed by atoms with Crippen molar-refractivity contribution >= 4 is 5.91 Å². The minimum Gasteiger partial charge on any atom is -0.467 e. The van der Waals surface area contributed by atoms with E-state index >= 15 is 0 Å². The van der Waals surface area contributed by atoms with Crippen molar-refractivity contribution in [3.8, 4) is 0 Å². The number of rotatable bonds is 5. The number of aliphatic hydroxyl groups is 2. The van der Waals surface area contributed by atoms with Crippen LogP contribution in [0.2, 0.25) is 0 Å². The third-order valence-electron chi connectivity index (χ3n) is 3.78. The van der Waals surface area contributed by atoms with Crippen LogP contribution in [0.1, 0.15) is 25.5 Å². The molecule has 1 aliphatic rings. The van der Waals surface area contributed by atoms with Gasteiger partial charge in [-0.1, -0.05) is 0 Å². The van der Waals surface area contributed by atoms with Gasteiger partial charge in [0.25, 0.3) is 0 Å². The first kappa shape index (κ1) is 15.0. The molecule has 0 aliphatic carbocycles. The number of nitrogens with one attached hydrogen (secondary N) is 1. The van der Waals surface area contributed by atoms with Crippen LogP contribution in [0.3, 0.4) is 0 Å². The molecule has 2 heterocycles. The summed E-state index contributed by atoms with van der Waals surface area (Å²) in [5.41, 5.74) is -1.02. The van der Waals surface area contributed by atoms with Crippen molar-refractivity contribution in [3.63, 3.8) is 0 Å². The van der Waals surface area contributed by atoms with Gasteiger partial charge in [-0.15, -0.1) is 0 Å². The van der Waals surface area contributed by atoms with Gasteiger partial charge >= 0.3 is 0 Å². The Morgan fingerprint density at radius 3 is 3.10 bits per heavy atom. The second-order valence-corrected chi connectivity index (χ2v) is 5.53. The molecular weight excluding hydrogens is 260 g/mol. The van der Waals surface area contributed by atoms with Gasteiger partial charge in [-0.2, -0.15) is 0 Å². The zero-order valence-corrected chi connectivity index (χ0v) is 11.7. The lowest BCUT2D eigenvalue weighted by atomic mass is 9.91. The molecular formula is C14H22N2O4. The number of nitrogens with zero attached hydrogens (tertiary/aromatic N) is 1. The first-order chi connectivity index (χ1) is 9.47. The quantitative estimate of drug-likeness (QED) is 0.713. The summed E-state index contributed by atoms with van der Waals surface area (Å²) >= 11 is 0. The maximum atomic E-state index is 11.7. The van der Waals surface area contributed by atoms with Gasteiger partial charge in [0.15, 0.2) is 0 Å². The fourth-order valence-corrected chi connectivity index (χ4v) is 2.23. The number of likely N-dealkylation sites (tertiary alicyclic amines) is 1. The molecule has 2 atom stereocenters. The second kappa shape index (κ2) is 6.39. The van der Waals surface area contributed by atoms with Gasteiger partial charge in [-0.25, -0.2) is 0 Å². The Labute approximate surface area is 118 Å². The van der Waals surface area contributed by atoms with E-state index in [-0.39, 0.29) is 5.91 Å². The number of carbonyl (C=O) groups excluding carboxylic acids is 1. The first-order valence-corrected chi connectivity index (χ1v) is 6.89. The standard InChI is InChI=1S/C14H22N2O4/c1-14(19)5-7-16(10-12(14)17)6-4-13(18)15-9-11-3-2-8-20-11/h2-3,8,12,17,19H,4-7,9-10H2,1H3,(H,15,18)/t12-,14+/m0/s1. The SMILES string of the molecule is C[C@@]1(O)CCN(CCC(=O)NCc2ccco2)C[C@@H]1O. The highest BCUT2D eigenvalue weighted by Crippen LogP contribution is 2.21. The largest absolute Gasteiger partial charge is 0.467 e. The molecule has 1 saturated heterocycles. The van der Waals surface area contributed by atoms with Gasteiger partial charge in [-0.05, 0) is 25.5 Å². The molecule has 2 rings (SSSR count). The average molecular weight is 282 g/mol. The molecule has 0 bridgehead atoms. The maximum absolute atomic E-state index is 11.7. The van der Waals surface area contributed by atoms with Crippen molar-refractivity contribution in [2.24, 2.45) is 0 Å². The fourth-order valence-electron chi connectivity index (χ4n) is 2.23. The summed E-state index contributed by atoms with van der Waals surface area (Å²) in [6.45, 7) is 3.71. The average Bonchev–Trinajstić information content (AvgIpc) is 2.91. The summed E-state index contributed by atoms with van der Waals surface area (Å²) in [5, 5.41) is 22.4. The molecule has 1 fully saturated rings. The Bertz CT molecular complexity index is 430. The summed E-state index contributed by atoms with van der Waals surface area (Å²) in [6.07, 6.45) is 1.70. The van der Waals surface area contributed by atoms with Gasteiger partial charge in [0.05, 0.1) is 24.5 Å². The molecule has 1 aromatic heterocycles. The summed E-state index contributed by atoms with van der Waals surface area (Å²) in [4.78, 5) is 13.7. The third kappa shape index (κ3) is 4.06. The summed E-state index contributed by atoms with van der Waals surface area (Å²) in [6, 6.07) is 3.59. The highest BCUT2D eigenvalue weighted by molar-refractivity contribution is 5.75. The summed E-state index contributed by atoms with van der Waals surface area (Å²) < 4.78 is 5.13. The lowest BCUT2D eigenvalue weighted by Crippen LogP contribution is -2.54. The van der Waals surface area contributed by atoms with Crippen LogP contribution in [0.5, 0.6) is 0 Å². The molecule has 6 heteroatoms. The van der Waals surface area contributed by atoms with Gasteiger partial charge in [-0.3, -0.25) is 4.79 Å². The molecule has 3 N–H and O–H groups in total. The summed E-state index contributed by atoms with van der Waals surface area (Å²) in [7, 11) is 0. The number of amides is 1. The lowest BCUT2D eigenvalue weighted by Gasteiger charge is -2.39. The van der Waals surface area contributed by atoms with E-state index in [4.69, 9.17) is 4.42 Å². The van der Waals surface area contributed by atoms with E-state index in [1.165, 1.54) is 0 Å².